The Labute approximate surface area is 166 Å². The van der Waals surface area contributed by atoms with Crippen molar-refractivity contribution in [2.75, 3.05) is 37.8 Å². The van der Waals surface area contributed by atoms with E-state index in [1.165, 1.54) is 36.0 Å². The molecule has 0 saturated carbocycles. The van der Waals surface area contributed by atoms with Crippen LogP contribution in [0, 0.1) is 11.6 Å². The molecule has 1 unspecified atom stereocenters. The minimum absolute atomic E-state index is 0.0631. The summed E-state index contributed by atoms with van der Waals surface area (Å²) in [7, 11) is 1.74. The van der Waals surface area contributed by atoms with Crippen LogP contribution >= 0.6 is 11.8 Å². The first-order chi connectivity index (χ1) is 13.4. The zero-order valence-corrected chi connectivity index (χ0v) is 16.3. The molecule has 1 fully saturated rings. The highest BCUT2D eigenvalue weighted by Crippen LogP contribution is 2.38. The smallest absolute Gasteiger partial charge is 0.279 e. The van der Waals surface area contributed by atoms with Crippen molar-refractivity contribution in [1.29, 1.82) is 0 Å². The van der Waals surface area contributed by atoms with Crippen LogP contribution in [-0.4, -0.2) is 49.1 Å². The fraction of sp³-hybridized carbons (Fsp3) is 0.300. The van der Waals surface area contributed by atoms with Gasteiger partial charge < -0.3 is 15.1 Å². The summed E-state index contributed by atoms with van der Waals surface area (Å²) >= 11 is 1.53. The zero-order valence-electron chi connectivity index (χ0n) is 15.5. The molecule has 0 aromatic heterocycles. The molecular weight excluding hydrogens is 384 g/mol. The molecule has 2 N–H and O–H groups in total. The van der Waals surface area contributed by atoms with Gasteiger partial charge in [-0.2, -0.15) is 0 Å². The molecule has 2 aromatic carbocycles. The van der Waals surface area contributed by atoms with Gasteiger partial charge in [0.15, 0.2) is 13.1 Å². The second-order valence-corrected chi connectivity index (χ2v) is 7.89. The number of anilines is 1. The van der Waals surface area contributed by atoms with Gasteiger partial charge in [-0.1, -0.05) is 24.3 Å². The molecule has 0 spiro atoms. The number of benzene rings is 2. The molecule has 1 saturated heterocycles. The highest BCUT2D eigenvalue weighted by Gasteiger charge is 2.33. The van der Waals surface area contributed by atoms with Gasteiger partial charge >= 0.3 is 0 Å². The topological polar surface area (TPSA) is 53.9 Å². The monoisotopic (exact) mass is 406 g/mol. The SMILES string of the molecule is C[NH+](CC(=O)Nc1cccc(F)c1)CC(=O)N1CCS[C@@H]1c1ccccc1F. The van der Waals surface area contributed by atoms with Gasteiger partial charge in [0.25, 0.3) is 11.8 Å². The van der Waals surface area contributed by atoms with Gasteiger partial charge in [-0.15, -0.1) is 11.8 Å². The van der Waals surface area contributed by atoms with Crippen LogP contribution in [0.15, 0.2) is 48.5 Å². The molecule has 28 heavy (non-hydrogen) atoms. The van der Waals surface area contributed by atoms with Crippen molar-refractivity contribution in [3.05, 3.63) is 65.7 Å². The third-order valence-electron chi connectivity index (χ3n) is 4.41. The summed E-state index contributed by atoms with van der Waals surface area (Å²) in [6.45, 7) is 0.723. The number of amides is 2. The summed E-state index contributed by atoms with van der Waals surface area (Å²) in [5.74, 6) is -0.454. The molecule has 2 amide bonds. The Balaban J connectivity index is 1.56. The molecule has 1 heterocycles. The Kier molecular flexibility index (Phi) is 6.64. The van der Waals surface area contributed by atoms with Crippen LogP contribution in [0.3, 0.4) is 0 Å². The molecule has 3 rings (SSSR count). The average molecular weight is 406 g/mol. The van der Waals surface area contributed by atoms with Gasteiger partial charge in [0.05, 0.1) is 7.05 Å². The maximum Gasteiger partial charge on any atom is 0.279 e. The number of halogens is 2. The minimum atomic E-state index is -0.431. The number of hydrogen-bond donors (Lipinski definition) is 2. The Morgan fingerprint density at radius 1 is 1.18 bits per heavy atom. The molecule has 0 radical (unpaired) electrons. The van der Waals surface area contributed by atoms with E-state index in [1.54, 1.807) is 36.2 Å². The van der Waals surface area contributed by atoms with Crippen molar-refractivity contribution >= 4 is 29.3 Å². The maximum atomic E-state index is 14.1. The molecule has 0 bridgehead atoms. The molecule has 2 aromatic rings. The molecule has 8 heteroatoms. The summed E-state index contributed by atoms with van der Waals surface area (Å²) in [5.41, 5.74) is 0.875. The summed E-state index contributed by atoms with van der Waals surface area (Å²) in [5, 5.41) is 2.28. The third-order valence-corrected chi connectivity index (χ3v) is 5.65. The van der Waals surface area contributed by atoms with E-state index in [4.69, 9.17) is 0 Å². The molecule has 0 aliphatic carbocycles. The molecule has 1 aliphatic heterocycles. The van der Waals surface area contributed by atoms with E-state index in [1.807, 2.05) is 0 Å². The Bertz CT molecular complexity index is 865. The minimum Gasteiger partial charge on any atom is -0.322 e. The standard InChI is InChI=1S/C20H21F2N3O2S/c1-24(12-18(26)23-15-6-4-5-14(21)11-15)13-19(27)25-9-10-28-20(25)16-7-2-3-8-17(16)22/h2-8,11,20H,9-10,12-13H2,1H3,(H,23,26)/p+1/t20-/m1/s1. The van der Waals surface area contributed by atoms with Crippen LogP contribution in [0.2, 0.25) is 0 Å². The summed E-state index contributed by atoms with van der Waals surface area (Å²) < 4.78 is 27.3. The van der Waals surface area contributed by atoms with E-state index in [9.17, 15) is 18.4 Å². The van der Waals surface area contributed by atoms with Crippen LogP contribution in [-0.2, 0) is 9.59 Å². The number of carbonyl (C=O) groups is 2. The van der Waals surface area contributed by atoms with E-state index >= 15 is 0 Å². The average Bonchev–Trinajstić information content (AvgIpc) is 3.11. The molecule has 1 aliphatic rings. The van der Waals surface area contributed by atoms with Gasteiger partial charge in [0.2, 0.25) is 0 Å². The van der Waals surface area contributed by atoms with Crippen LogP contribution in [0.4, 0.5) is 14.5 Å². The molecule has 2 atom stereocenters. The fourth-order valence-corrected chi connectivity index (χ4v) is 4.43. The van der Waals surface area contributed by atoms with Crippen LogP contribution in [0.25, 0.3) is 0 Å². The number of nitrogens with zero attached hydrogens (tertiary/aromatic N) is 1. The van der Waals surface area contributed by atoms with Gasteiger partial charge in [-0.25, -0.2) is 8.78 Å². The predicted octanol–water partition coefficient (Wildman–Crippen LogP) is 1.69. The molecule has 148 valence electrons. The largest absolute Gasteiger partial charge is 0.322 e. The van der Waals surface area contributed by atoms with E-state index in [0.29, 0.717) is 22.7 Å². The lowest BCUT2D eigenvalue weighted by molar-refractivity contribution is -0.862. The van der Waals surface area contributed by atoms with Crippen molar-refractivity contribution < 1.29 is 23.3 Å². The molecule has 5 nitrogen and oxygen atoms in total. The quantitative estimate of drug-likeness (QED) is 0.768. The number of thioether (sulfide) groups is 1. The fourth-order valence-electron chi connectivity index (χ4n) is 3.13. The normalized spacial score (nSPS) is 17.4. The van der Waals surface area contributed by atoms with E-state index < -0.39 is 5.82 Å². The number of hydrogen-bond acceptors (Lipinski definition) is 3. The number of rotatable bonds is 6. The van der Waals surface area contributed by atoms with Crippen molar-refractivity contribution in [2.45, 2.75) is 5.37 Å². The first-order valence-corrected chi connectivity index (χ1v) is 10.0. The van der Waals surface area contributed by atoms with E-state index in [2.05, 4.69) is 5.32 Å². The number of nitrogens with one attached hydrogen (secondary N) is 2. The van der Waals surface area contributed by atoms with Crippen molar-refractivity contribution in [3.8, 4) is 0 Å². The first-order valence-electron chi connectivity index (χ1n) is 8.96. The predicted molar refractivity (Wildman–Crippen MR) is 105 cm³/mol. The summed E-state index contributed by atoms with van der Waals surface area (Å²) in [6, 6.07) is 12.1. The zero-order chi connectivity index (χ0) is 20.1. The van der Waals surface area contributed by atoms with Crippen molar-refractivity contribution in [1.82, 2.24) is 4.90 Å². The van der Waals surface area contributed by atoms with Gasteiger partial charge in [-0.05, 0) is 24.3 Å². The number of likely N-dealkylation sites (N-methyl/N-ethyl adjacent to an activating group) is 1. The van der Waals surface area contributed by atoms with Gasteiger partial charge in [-0.3, -0.25) is 9.59 Å². The second-order valence-electron chi connectivity index (χ2n) is 6.70. The Morgan fingerprint density at radius 2 is 1.96 bits per heavy atom. The van der Waals surface area contributed by atoms with Crippen LogP contribution in [0.1, 0.15) is 10.9 Å². The maximum absolute atomic E-state index is 14.1. The Morgan fingerprint density at radius 3 is 2.71 bits per heavy atom. The van der Waals surface area contributed by atoms with E-state index in [-0.39, 0.29) is 36.1 Å². The van der Waals surface area contributed by atoms with Crippen LogP contribution in [0.5, 0.6) is 0 Å². The van der Waals surface area contributed by atoms with Gasteiger partial charge in [0.1, 0.15) is 17.0 Å². The van der Waals surface area contributed by atoms with Crippen molar-refractivity contribution in [2.24, 2.45) is 0 Å². The van der Waals surface area contributed by atoms with Gasteiger partial charge in [0, 0.05) is 23.5 Å². The van der Waals surface area contributed by atoms with Crippen molar-refractivity contribution in [3.63, 3.8) is 0 Å². The summed E-state index contributed by atoms with van der Waals surface area (Å²) in [6.07, 6.45) is 0. The lowest BCUT2D eigenvalue weighted by atomic mass is 10.2. The highest BCUT2D eigenvalue weighted by atomic mass is 32.2. The highest BCUT2D eigenvalue weighted by molar-refractivity contribution is 7.99. The third kappa shape index (κ3) is 5.08. The number of carbonyl (C=O) groups excluding carboxylic acids is 2. The lowest BCUT2D eigenvalue weighted by Crippen LogP contribution is -3.11. The van der Waals surface area contributed by atoms with E-state index in [0.717, 1.165) is 5.75 Å². The number of quaternary nitrogens is 1. The Hall–Kier alpha value is -2.45. The summed E-state index contributed by atoms with van der Waals surface area (Å²) in [4.78, 5) is 27.2. The second kappa shape index (κ2) is 9.16. The first kappa shape index (κ1) is 20.3. The van der Waals surface area contributed by atoms with Crippen LogP contribution < -0.4 is 10.2 Å². The lowest BCUT2D eigenvalue weighted by Gasteiger charge is -2.25. The molecular formula is C20H22F2N3O2S+.